The van der Waals surface area contributed by atoms with Gasteiger partial charge in [0.25, 0.3) is 5.91 Å². The van der Waals surface area contributed by atoms with Crippen LogP contribution in [0.25, 0.3) is 0 Å². The summed E-state index contributed by atoms with van der Waals surface area (Å²) < 4.78 is 5.71. The molecule has 5 heteroatoms. The molecule has 2 aliphatic rings. The first-order valence-electron chi connectivity index (χ1n) is 7.38. The van der Waals surface area contributed by atoms with Gasteiger partial charge in [-0.05, 0) is 37.7 Å². The molecule has 2 atom stereocenters. The molecule has 0 spiro atoms. The smallest absolute Gasteiger partial charge is 0.254 e. The van der Waals surface area contributed by atoms with Crippen LogP contribution in [0.2, 0.25) is 5.02 Å². The minimum atomic E-state index is 0.108. The lowest BCUT2D eigenvalue weighted by atomic mass is 10.1. The summed E-state index contributed by atoms with van der Waals surface area (Å²) in [6, 6.07) is 5.76. The van der Waals surface area contributed by atoms with Gasteiger partial charge in [0, 0.05) is 36.1 Å². The maximum absolute atomic E-state index is 12.8. The molecule has 2 bridgehead atoms. The quantitative estimate of drug-likeness (QED) is 0.796. The van der Waals surface area contributed by atoms with E-state index in [9.17, 15) is 4.79 Å². The average Bonchev–Trinajstić information content (AvgIpc) is 2.66. The summed E-state index contributed by atoms with van der Waals surface area (Å²) in [6.07, 6.45) is 0. The number of carbonyl (C=O) groups is 1. The minimum Gasteiger partial charge on any atom is -0.379 e. The standard InChI is InChI=1S/C16H21ClN2O2/c1-11-5-13(17)3-4-15(11)16(20)19-7-12-6-18(2)14(8-19)10-21-9-12/h3-5,12,14H,6-10H2,1-2H3/t12-,14+/m1/s1. The molecule has 0 unspecified atom stereocenters. The summed E-state index contributed by atoms with van der Waals surface area (Å²) in [5.74, 6) is 0.496. The number of fused-ring (bicyclic) bond motifs is 3. The molecule has 4 nitrogen and oxygen atoms in total. The molecule has 0 saturated carbocycles. The molecule has 3 rings (SSSR count). The number of likely N-dealkylation sites (N-methyl/N-ethyl adjacent to an activating group) is 1. The summed E-state index contributed by atoms with van der Waals surface area (Å²) in [5, 5.41) is 0.671. The number of amides is 1. The molecule has 0 aromatic heterocycles. The third-order valence-corrected chi connectivity index (χ3v) is 4.68. The lowest BCUT2D eigenvalue weighted by molar-refractivity contribution is 0.0433. The highest BCUT2D eigenvalue weighted by atomic mass is 35.5. The van der Waals surface area contributed by atoms with Crippen LogP contribution in [0, 0.1) is 12.8 Å². The normalized spacial score (nSPS) is 26.5. The van der Waals surface area contributed by atoms with Crippen LogP contribution >= 0.6 is 11.6 Å². The van der Waals surface area contributed by atoms with E-state index in [1.165, 1.54) is 0 Å². The van der Waals surface area contributed by atoms with Crippen molar-refractivity contribution in [1.29, 1.82) is 0 Å². The van der Waals surface area contributed by atoms with E-state index >= 15 is 0 Å². The van der Waals surface area contributed by atoms with Crippen molar-refractivity contribution in [3.8, 4) is 0 Å². The summed E-state index contributed by atoms with van der Waals surface area (Å²) in [4.78, 5) is 17.1. The van der Waals surface area contributed by atoms with E-state index in [0.29, 0.717) is 17.5 Å². The van der Waals surface area contributed by atoms with E-state index in [1.54, 1.807) is 6.07 Å². The zero-order chi connectivity index (χ0) is 15.0. The molecular formula is C16H21ClN2O2. The molecule has 2 heterocycles. The largest absolute Gasteiger partial charge is 0.379 e. The Hall–Kier alpha value is -1.10. The highest BCUT2D eigenvalue weighted by Crippen LogP contribution is 2.22. The lowest BCUT2D eigenvalue weighted by Crippen LogP contribution is -2.44. The van der Waals surface area contributed by atoms with Crippen molar-refractivity contribution in [3.05, 3.63) is 34.3 Å². The maximum Gasteiger partial charge on any atom is 0.254 e. The second-order valence-corrected chi connectivity index (χ2v) is 6.60. The van der Waals surface area contributed by atoms with Gasteiger partial charge >= 0.3 is 0 Å². The van der Waals surface area contributed by atoms with Gasteiger partial charge in [-0.25, -0.2) is 0 Å². The summed E-state index contributed by atoms with van der Waals surface area (Å²) in [5.41, 5.74) is 1.69. The number of ether oxygens (including phenoxy) is 1. The van der Waals surface area contributed by atoms with Crippen molar-refractivity contribution in [2.75, 3.05) is 39.9 Å². The number of hydrogen-bond donors (Lipinski definition) is 0. The average molecular weight is 309 g/mol. The highest BCUT2D eigenvalue weighted by Gasteiger charge is 2.33. The Morgan fingerprint density at radius 1 is 1.29 bits per heavy atom. The van der Waals surface area contributed by atoms with Gasteiger partial charge in [0.15, 0.2) is 0 Å². The number of hydrogen-bond acceptors (Lipinski definition) is 3. The van der Waals surface area contributed by atoms with E-state index in [2.05, 4.69) is 11.9 Å². The van der Waals surface area contributed by atoms with Crippen molar-refractivity contribution in [2.45, 2.75) is 13.0 Å². The fraction of sp³-hybridized carbons (Fsp3) is 0.562. The zero-order valence-corrected chi connectivity index (χ0v) is 13.3. The summed E-state index contributed by atoms with van der Waals surface area (Å²) >= 11 is 5.98. The molecule has 1 aromatic carbocycles. The van der Waals surface area contributed by atoms with Gasteiger partial charge in [-0.2, -0.15) is 0 Å². The summed E-state index contributed by atoms with van der Waals surface area (Å²) in [6.45, 7) is 5.87. The molecule has 114 valence electrons. The van der Waals surface area contributed by atoms with Crippen LogP contribution in [0.1, 0.15) is 15.9 Å². The fourth-order valence-corrected chi connectivity index (χ4v) is 3.48. The van der Waals surface area contributed by atoms with Crippen molar-refractivity contribution in [2.24, 2.45) is 5.92 Å². The predicted octanol–water partition coefficient (Wildman–Crippen LogP) is 2.05. The second kappa shape index (κ2) is 5.95. The predicted molar refractivity (Wildman–Crippen MR) is 82.8 cm³/mol. The first-order chi connectivity index (χ1) is 10.0. The van der Waals surface area contributed by atoms with Crippen molar-refractivity contribution >= 4 is 17.5 Å². The van der Waals surface area contributed by atoms with Gasteiger partial charge in [0.2, 0.25) is 0 Å². The Morgan fingerprint density at radius 3 is 2.86 bits per heavy atom. The number of benzene rings is 1. The monoisotopic (exact) mass is 308 g/mol. The van der Waals surface area contributed by atoms with E-state index in [1.807, 2.05) is 24.0 Å². The Balaban J connectivity index is 1.84. The molecule has 0 radical (unpaired) electrons. The second-order valence-electron chi connectivity index (χ2n) is 6.17. The van der Waals surface area contributed by atoms with Crippen LogP contribution in [0.4, 0.5) is 0 Å². The third kappa shape index (κ3) is 3.07. The van der Waals surface area contributed by atoms with Crippen LogP contribution in [-0.4, -0.2) is 61.6 Å². The molecular weight excluding hydrogens is 288 g/mol. The molecule has 2 saturated heterocycles. The molecule has 21 heavy (non-hydrogen) atoms. The molecule has 1 amide bonds. The van der Waals surface area contributed by atoms with Gasteiger partial charge in [0.1, 0.15) is 0 Å². The Bertz CT molecular complexity index is 549. The van der Waals surface area contributed by atoms with Gasteiger partial charge in [0.05, 0.1) is 19.3 Å². The van der Waals surface area contributed by atoms with Crippen LogP contribution in [-0.2, 0) is 4.74 Å². The number of halogens is 1. The Morgan fingerprint density at radius 2 is 2.10 bits per heavy atom. The van der Waals surface area contributed by atoms with Gasteiger partial charge in [-0.3, -0.25) is 9.69 Å². The van der Waals surface area contributed by atoms with E-state index < -0.39 is 0 Å². The molecule has 0 N–H and O–H groups in total. The van der Waals surface area contributed by atoms with Gasteiger partial charge in [-0.15, -0.1) is 0 Å². The number of carbonyl (C=O) groups excluding carboxylic acids is 1. The van der Waals surface area contributed by atoms with Crippen molar-refractivity contribution in [1.82, 2.24) is 9.80 Å². The summed E-state index contributed by atoms with van der Waals surface area (Å²) in [7, 11) is 2.12. The first-order valence-corrected chi connectivity index (χ1v) is 7.76. The molecule has 0 aliphatic carbocycles. The first kappa shape index (κ1) is 14.8. The maximum atomic E-state index is 12.8. The third-order valence-electron chi connectivity index (χ3n) is 4.45. The number of rotatable bonds is 1. The lowest BCUT2D eigenvalue weighted by Gasteiger charge is -2.30. The van der Waals surface area contributed by atoms with E-state index in [0.717, 1.165) is 37.4 Å². The fourth-order valence-electron chi connectivity index (χ4n) is 3.25. The van der Waals surface area contributed by atoms with Crippen LogP contribution < -0.4 is 0 Å². The van der Waals surface area contributed by atoms with E-state index in [-0.39, 0.29) is 11.9 Å². The van der Waals surface area contributed by atoms with Crippen molar-refractivity contribution in [3.63, 3.8) is 0 Å². The molecule has 2 aliphatic heterocycles. The van der Waals surface area contributed by atoms with Crippen LogP contribution in [0.5, 0.6) is 0 Å². The van der Waals surface area contributed by atoms with Crippen LogP contribution in [0.15, 0.2) is 18.2 Å². The molecule has 1 aromatic rings. The van der Waals surface area contributed by atoms with Crippen LogP contribution in [0.3, 0.4) is 0 Å². The SMILES string of the molecule is Cc1cc(Cl)ccc1C(=O)N1C[C@@H]2COC[C@H](C1)N(C)C2. The molecule has 2 fully saturated rings. The Labute approximate surface area is 130 Å². The van der Waals surface area contributed by atoms with Crippen molar-refractivity contribution < 1.29 is 9.53 Å². The number of aryl methyl sites for hydroxylation is 1. The van der Waals surface area contributed by atoms with Gasteiger partial charge in [-0.1, -0.05) is 11.6 Å². The Kier molecular flexibility index (Phi) is 4.20. The van der Waals surface area contributed by atoms with E-state index in [4.69, 9.17) is 16.3 Å². The highest BCUT2D eigenvalue weighted by molar-refractivity contribution is 6.30. The topological polar surface area (TPSA) is 32.8 Å². The number of nitrogens with zero attached hydrogens (tertiary/aromatic N) is 2. The zero-order valence-electron chi connectivity index (χ0n) is 12.5. The van der Waals surface area contributed by atoms with Gasteiger partial charge < -0.3 is 9.64 Å². The minimum absolute atomic E-state index is 0.108.